The van der Waals surface area contributed by atoms with Crippen LogP contribution in [-0.2, 0) is 19.1 Å². The van der Waals surface area contributed by atoms with E-state index in [1.165, 1.54) is 16.7 Å². The number of amides is 2. The number of esters is 1. The van der Waals surface area contributed by atoms with Gasteiger partial charge in [0.2, 0.25) is 5.91 Å². The fourth-order valence-corrected chi connectivity index (χ4v) is 5.39. The van der Waals surface area contributed by atoms with E-state index in [-0.39, 0.29) is 12.3 Å². The van der Waals surface area contributed by atoms with Crippen molar-refractivity contribution in [3.05, 3.63) is 78.9 Å². The van der Waals surface area contributed by atoms with Crippen LogP contribution >= 0.6 is 11.8 Å². The Bertz CT molecular complexity index is 1230. The Balaban J connectivity index is 1.25. The number of benzene rings is 3. The Labute approximate surface area is 194 Å². The van der Waals surface area contributed by atoms with Gasteiger partial charge in [-0.25, -0.2) is 4.79 Å². The molecular formula is C25H20N2O5S. The Morgan fingerprint density at radius 2 is 1.70 bits per heavy atom. The summed E-state index contributed by atoms with van der Waals surface area (Å²) >= 11 is 1.30. The number of nitrogens with one attached hydrogen (secondary N) is 1. The maximum atomic E-state index is 13.1. The van der Waals surface area contributed by atoms with Crippen LogP contribution in [0.3, 0.4) is 0 Å². The van der Waals surface area contributed by atoms with Crippen LogP contribution in [0, 0.1) is 0 Å². The molecule has 0 unspecified atom stereocenters. The van der Waals surface area contributed by atoms with Gasteiger partial charge in [0.1, 0.15) is 5.75 Å². The second-order valence-corrected chi connectivity index (χ2v) is 8.94. The van der Waals surface area contributed by atoms with Crippen LogP contribution in [0.15, 0.2) is 83.8 Å². The maximum Gasteiger partial charge on any atom is 0.344 e. The van der Waals surface area contributed by atoms with Gasteiger partial charge in [-0.2, -0.15) is 0 Å². The topological polar surface area (TPSA) is 84.9 Å². The van der Waals surface area contributed by atoms with Crippen molar-refractivity contribution >= 4 is 40.9 Å². The van der Waals surface area contributed by atoms with Crippen LogP contribution in [0.4, 0.5) is 11.4 Å². The molecule has 1 saturated heterocycles. The number of hydrogen-bond acceptors (Lipinski definition) is 6. The minimum Gasteiger partial charge on any atom is -0.455 e. The van der Waals surface area contributed by atoms with Gasteiger partial charge in [-0.15, -0.1) is 0 Å². The lowest BCUT2D eigenvalue weighted by Crippen LogP contribution is -2.48. The average Bonchev–Trinajstić information content (AvgIpc) is 3.35. The Morgan fingerprint density at radius 3 is 2.55 bits per heavy atom. The molecule has 0 bridgehead atoms. The van der Waals surface area contributed by atoms with Crippen molar-refractivity contribution in [2.45, 2.75) is 22.6 Å². The molecule has 8 heteroatoms. The summed E-state index contributed by atoms with van der Waals surface area (Å²) in [6.45, 7) is -0.473. The second-order valence-electron chi connectivity index (χ2n) is 7.62. The van der Waals surface area contributed by atoms with E-state index >= 15 is 0 Å². The minimum atomic E-state index is -1.16. The first-order chi connectivity index (χ1) is 16.1. The highest BCUT2D eigenvalue weighted by Crippen LogP contribution is 2.56. The second kappa shape index (κ2) is 8.63. The first-order valence-electron chi connectivity index (χ1n) is 10.5. The monoisotopic (exact) mass is 460 g/mol. The first kappa shape index (κ1) is 21.1. The lowest BCUT2D eigenvalue weighted by molar-refractivity contribution is -0.149. The van der Waals surface area contributed by atoms with Crippen molar-refractivity contribution in [1.82, 2.24) is 0 Å². The van der Waals surface area contributed by atoms with Gasteiger partial charge in [0.15, 0.2) is 17.2 Å². The summed E-state index contributed by atoms with van der Waals surface area (Å²) in [5, 5.41) is 2.73. The number of ether oxygens (including phenoxy) is 2. The third-order valence-electron chi connectivity index (χ3n) is 5.46. The van der Waals surface area contributed by atoms with Crippen molar-refractivity contribution in [3.63, 3.8) is 0 Å². The fraction of sp³-hybridized carbons (Fsp3) is 0.160. The van der Waals surface area contributed by atoms with Crippen LogP contribution in [0.25, 0.3) is 0 Å². The molecule has 3 aromatic rings. The summed E-state index contributed by atoms with van der Waals surface area (Å²) in [7, 11) is 0. The lowest BCUT2D eigenvalue weighted by atomic mass is 10.2. The Kier molecular flexibility index (Phi) is 5.51. The Morgan fingerprint density at radius 1 is 0.970 bits per heavy atom. The molecule has 0 aliphatic carbocycles. The molecular weight excluding hydrogens is 440 g/mol. The normalized spacial score (nSPS) is 18.4. The molecule has 0 spiro atoms. The minimum absolute atomic E-state index is 0.124. The van der Waals surface area contributed by atoms with Crippen LogP contribution in [0.5, 0.6) is 11.5 Å². The molecule has 166 valence electrons. The smallest absolute Gasteiger partial charge is 0.344 e. The maximum absolute atomic E-state index is 13.1. The van der Waals surface area contributed by atoms with E-state index in [1.54, 1.807) is 24.3 Å². The predicted molar refractivity (Wildman–Crippen MR) is 124 cm³/mol. The van der Waals surface area contributed by atoms with E-state index in [0.29, 0.717) is 29.3 Å². The van der Waals surface area contributed by atoms with Gasteiger partial charge < -0.3 is 14.8 Å². The molecule has 3 aromatic carbocycles. The van der Waals surface area contributed by atoms with Crippen molar-refractivity contribution < 1.29 is 23.9 Å². The highest BCUT2D eigenvalue weighted by Gasteiger charge is 2.58. The van der Waals surface area contributed by atoms with Crippen molar-refractivity contribution in [2.24, 2.45) is 0 Å². The van der Waals surface area contributed by atoms with Crippen molar-refractivity contribution in [1.29, 1.82) is 0 Å². The number of thioether (sulfide) groups is 1. The van der Waals surface area contributed by atoms with E-state index in [1.807, 2.05) is 54.6 Å². The van der Waals surface area contributed by atoms with Gasteiger partial charge in [0, 0.05) is 17.7 Å². The number of nitrogens with zero attached hydrogens (tertiary/aromatic N) is 1. The standard InChI is InChI=1S/C25H20N2O5S/c28-22(26-18-10-4-6-12-20(18)32-17-8-2-1-3-9-17)16-31-24(30)25-15-14-23(29)27(25)19-11-5-7-13-21(19)33-25/h1-13H,14-16H2,(H,26,28)/t25-/m1/s1. The highest BCUT2D eigenvalue weighted by molar-refractivity contribution is 8.02. The van der Waals surface area contributed by atoms with Gasteiger partial charge >= 0.3 is 5.97 Å². The van der Waals surface area contributed by atoms with E-state index in [0.717, 1.165) is 4.90 Å². The number of rotatable bonds is 6. The largest absolute Gasteiger partial charge is 0.455 e. The van der Waals surface area contributed by atoms with E-state index < -0.39 is 23.4 Å². The Hall–Kier alpha value is -3.78. The summed E-state index contributed by atoms with van der Waals surface area (Å²) in [5.41, 5.74) is 1.17. The third-order valence-corrected chi connectivity index (χ3v) is 6.91. The highest BCUT2D eigenvalue weighted by atomic mass is 32.2. The number of anilines is 2. The average molecular weight is 461 g/mol. The summed E-state index contributed by atoms with van der Waals surface area (Å²) in [6, 6.07) is 23.6. The third kappa shape index (κ3) is 3.93. The van der Waals surface area contributed by atoms with Gasteiger partial charge in [-0.1, -0.05) is 54.2 Å². The van der Waals surface area contributed by atoms with Crippen LogP contribution in [0.2, 0.25) is 0 Å². The molecule has 33 heavy (non-hydrogen) atoms. The van der Waals surface area contributed by atoms with Crippen LogP contribution in [-0.4, -0.2) is 29.3 Å². The summed E-state index contributed by atoms with van der Waals surface area (Å²) < 4.78 is 11.2. The molecule has 2 heterocycles. The molecule has 2 aliphatic heterocycles. The van der Waals surface area contributed by atoms with Crippen molar-refractivity contribution in [2.75, 3.05) is 16.8 Å². The number of carbonyl (C=O) groups is 3. The number of fused-ring (bicyclic) bond motifs is 3. The molecule has 0 aromatic heterocycles. The van der Waals surface area contributed by atoms with Gasteiger partial charge in [0.05, 0.1) is 11.4 Å². The molecule has 7 nitrogen and oxygen atoms in total. The van der Waals surface area contributed by atoms with Crippen molar-refractivity contribution in [3.8, 4) is 11.5 Å². The quantitative estimate of drug-likeness (QED) is 0.542. The van der Waals surface area contributed by atoms with Crippen LogP contribution in [0.1, 0.15) is 12.8 Å². The zero-order valence-corrected chi connectivity index (χ0v) is 18.3. The summed E-state index contributed by atoms with van der Waals surface area (Å²) in [6.07, 6.45) is 0.589. The van der Waals surface area contributed by atoms with Gasteiger partial charge in [0.25, 0.3) is 5.91 Å². The van der Waals surface area contributed by atoms with E-state index in [2.05, 4.69) is 5.32 Å². The zero-order chi connectivity index (χ0) is 22.8. The fourth-order valence-electron chi connectivity index (χ4n) is 3.98. The molecule has 0 saturated carbocycles. The molecule has 1 atom stereocenters. The zero-order valence-electron chi connectivity index (χ0n) is 17.5. The first-order valence-corrected chi connectivity index (χ1v) is 11.3. The van der Waals surface area contributed by atoms with Crippen LogP contribution < -0.4 is 15.0 Å². The molecule has 2 aliphatic rings. The molecule has 1 N–H and O–H groups in total. The lowest BCUT2D eigenvalue weighted by Gasteiger charge is -2.28. The van der Waals surface area contributed by atoms with Gasteiger partial charge in [-0.05, 0) is 36.4 Å². The van der Waals surface area contributed by atoms with E-state index in [9.17, 15) is 14.4 Å². The molecule has 2 amide bonds. The SMILES string of the molecule is O=C(COC(=O)[C@]12CCC(=O)N1c1ccccc1S2)Nc1ccccc1Oc1ccccc1. The summed E-state index contributed by atoms with van der Waals surface area (Å²) in [5.74, 6) is -0.121. The van der Waals surface area contributed by atoms with E-state index in [4.69, 9.17) is 9.47 Å². The predicted octanol–water partition coefficient (Wildman–Crippen LogP) is 4.59. The molecule has 5 rings (SSSR count). The number of carbonyl (C=O) groups excluding carboxylic acids is 3. The van der Waals surface area contributed by atoms with Gasteiger partial charge in [-0.3, -0.25) is 14.5 Å². The number of para-hydroxylation sites is 4. The molecule has 1 fully saturated rings. The molecule has 0 radical (unpaired) electrons. The number of hydrogen-bond donors (Lipinski definition) is 1. The summed E-state index contributed by atoms with van der Waals surface area (Å²) in [4.78, 5) is 39.4.